The molecule has 1 unspecified atom stereocenters. The number of hydrogen-bond acceptors (Lipinski definition) is 4. The summed E-state index contributed by atoms with van der Waals surface area (Å²) in [6.07, 6.45) is 0.830. The molecule has 0 fully saturated rings. The maximum atomic E-state index is 12.9. The Kier molecular flexibility index (Phi) is 8.06. The minimum absolute atomic E-state index is 0.0341. The second-order valence-corrected chi connectivity index (χ2v) is 23.6. The van der Waals surface area contributed by atoms with Crippen LogP contribution in [0.15, 0.2) is 11.7 Å². The average Bonchev–Trinajstić information content (AvgIpc) is 2.28. The first-order valence-corrected chi connectivity index (χ1v) is 19.8. The van der Waals surface area contributed by atoms with Gasteiger partial charge in [0.05, 0.1) is 0 Å². The highest BCUT2D eigenvalue weighted by Gasteiger charge is 2.34. The number of hydrogen-bond donors (Lipinski definition) is 0. The van der Waals surface area contributed by atoms with E-state index in [4.69, 9.17) is 13.3 Å². The third-order valence-electron chi connectivity index (χ3n) is 2.68. The highest BCUT2D eigenvalue weighted by molar-refractivity contribution is 6.71. The van der Waals surface area contributed by atoms with Crippen molar-refractivity contribution in [3.05, 3.63) is 11.7 Å². The second-order valence-electron chi connectivity index (χ2n) is 8.93. The van der Waals surface area contributed by atoms with Gasteiger partial charge in [0.2, 0.25) is 36.5 Å². The van der Waals surface area contributed by atoms with Crippen LogP contribution in [0.25, 0.3) is 0 Å². The van der Waals surface area contributed by atoms with Crippen molar-refractivity contribution in [2.45, 2.75) is 77.8 Å². The molecule has 1 atom stereocenters. The average molecular weight is 393 g/mol. The summed E-state index contributed by atoms with van der Waals surface area (Å²) in [6, 6.07) is 0. The molecule has 8 heteroatoms. The second kappa shape index (κ2) is 8.17. The first-order chi connectivity index (χ1) is 10.1. The molecule has 23 heavy (non-hydrogen) atoms. The van der Waals surface area contributed by atoms with Gasteiger partial charge in [-0.1, -0.05) is 6.92 Å². The van der Waals surface area contributed by atoms with Crippen molar-refractivity contribution in [1.29, 1.82) is 0 Å². The van der Waals surface area contributed by atoms with Gasteiger partial charge < -0.3 is 13.3 Å². The van der Waals surface area contributed by atoms with Crippen molar-refractivity contribution in [3.63, 3.8) is 0 Å². The van der Waals surface area contributed by atoms with E-state index in [-0.39, 0.29) is 11.3 Å². The van der Waals surface area contributed by atoms with Crippen LogP contribution in [-0.2, 0) is 18.1 Å². The van der Waals surface area contributed by atoms with Crippen LogP contribution in [0.5, 0.6) is 0 Å². The Morgan fingerprint density at radius 1 is 0.826 bits per heavy atom. The number of allylic oxidation sites excluding steroid dienone is 1. The lowest BCUT2D eigenvalue weighted by atomic mass is 10.2. The van der Waals surface area contributed by atoms with E-state index in [1.807, 2.05) is 6.92 Å². The summed E-state index contributed by atoms with van der Waals surface area (Å²) in [4.78, 5) is 12.9. The summed E-state index contributed by atoms with van der Waals surface area (Å²) in [5.41, 5.74) is 0.0341. The summed E-state index contributed by atoms with van der Waals surface area (Å²) in [7, 11) is -4.97. The number of carbonyl (C=O) groups excluding carboxylic acids is 1. The lowest BCUT2D eigenvalue weighted by Gasteiger charge is -2.31. The quantitative estimate of drug-likeness (QED) is 0.340. The van der Waals surface area contributed by atoms with Crippen LogP contribution in [0.4, 0.5) is 0 Å². The van der Waals surface area contributed by atoms with Crippen molar-refractivity contribution >= 4 is 41.0 Å². The Labute approximate surface area is 148 Å². The van der Waals surface area contributed by atoms with Crippen LogP contribution in [0.1, 0.15) is 13.3 Å². The molecule has 0 aromatic rings. The molecule has 0 radical (unpaired) electrons. The molecule has 0 aromatic carbocycles. The number of carbonyl (C=O) groups is 1. The molecule has 0 saturated carbocycles. The molecule has 0 saturated heterocycles. The standard InChI is InChI=1S/C15H36O4Si4/c1-11-12(20)13(16)14(17-21(2,3)4)15(18-22(5,6)7)19-23(8,9)10/h12H,11H2,1-10,20H3. The zero-order valence-electron chi connectivity index (χ0n) is 16.9. The van der Waals surface area contributed by atoms with E-state index in [1.165, 1.54) is 0 Å². The van der Waals surface area contributed by atoms with Crippen molar-refractivity contribution in [1.82, 2.24) is 0 Å². The topological polar surface area (TPSA) is 44.8 Å². The highest BCUT2D eigenvalue weighted by atomic mass is 28.4. The smallest absolute Gasteiger partial charge is 0.298 e. The summed E-state index contributed by atoms with van der Waals surface area (Å²) in [5.74, 6) is 0.744. The van der Waals surface area contributed by atoms with Crippen molar-refractivity contribution in [3.8, 4) is 0 Å². The van der Waals surface area contributed by atoms with Crippen LogP contribution >= 0.6 is 0 Å². The van der Waals surface area contributed by atoms with Crippen LogP contribution in [0, 0.1) is 0 Å². The van der Waals surface area contributed by atoms with Crippen molar-refractivity contribution in [2.24, 2.45) is 0 Å². The Morgan fingerprint density at radius 2 is 1.17 bits per heavy atom. The highest BCUT2D eigenvalue weighted by Crippen LogP contribution is 2.27. The van der Waals surface area contributed by atoms with Crippen LogP contribution < -0.4 is 0 Å². The number of rotatable bonds is 9. The molecule has 0 heterocycles. The summed E-state index contributed by atoms with van der Waals surface area (Å²) < 4.78 is 18.5. The molecular formula is C15H36O4Si4. The molecule has 0 bridgehead atoms. The van der Waals surface area contributed by atoms with Crippen molar-refractivity contribution in [2.75, 3.05) is 0 Å². The lowest BCUT2D eigenvalue weighted by Crippen LogP contribution is -2.36. The molecule has 0 aliphatic carbocycles. The zero-order valence-corrected chi connectivity index (χ0v) is 21.9. The minimum Gasteiger partial charge on any atom is -0.537 e. The molecule has 4 nitrogen and oxygen atoms in total. The predicted molar refractivity (Wildman–Crippen MR) is 109 cm³/mol. The van der Waals surface area contributed by atoms with Gasteiger partial charge in [0.1, 0.15) is 0 Å². The first kappa shape index (κ1) is 22.7. The Hall–Kier alpha value is -0.322. The van der Waals surface area contributed by atoms with Crippen LogP contribution in [-0.4, -0.2) is 41.0 Å². The summed E-state index contributed by atoms with van der Waals surface area (Å²) in [6.45, 7) is 20.8. The van der Waals surface area contributed by atoms with Crippen LogP contribution in [0.2, 0.25) is 64.5 Å². The van der Waals surface area contributed by atoms with E-state index < -0.39 is 25.0 Å². The third-order valence-corrected chi connectivity index (χ3v) is 6.43. The van der Waals surface area contributed by atoms with Gasteiger partial charge in [-0.25, -0.2) is 0 Å². The fourth-order valence-electron chi connectivity index (χ4n) is 1.58. The molecule has 0 aromatic heterocycles. The third kappa shape index (κ3) is 10.2. The lowest BCUT2D eigenvalue weighted by molar-refractivity contribution is -0.118. The summed E-state index contributed by atoms with van der Waals surface area (Å²) in [5, 5.41) is 0. The van der Waals surface area contributed by atoms with E-state index in [0.29, 0.717) is 11.7 Å². The fourth-order valence-corrected chi connectivity index (χ4v) is 4.10. The maximum absolute atomic E-state index is 12.9. The molecule has 0 aliphatic heterocycles. The van der Waals surface area contributed by atoms with Gasteiger partial charge in [-0.3, -0.25) is 4.79 Å². The van der Waals surface area contributed by atoms with Gasteiger partial charge in [-0.2, -0.15) is 0 Å². The monoisotopic (exact) mass is 392 g/mol. The SMILES string of the molecule is CCC([SiH3])C(=O)C(O[Si](C)(C)C)=C(O[Si](C)(C)C)O[Si](C)(C)C. The molecular weight excluding hydrogens is 357 g/mol. The van der Waals surface area contributed by atoms with E-state index in [9.17, 15) is 4.79 Å². The largest absolute Gasteiger partial charge is 0.537 e. The Bertz CT molecular complexity index is 424. The first-order valence-electron chi connectivity index (χ1n) is 8.41. The zero-order chi connectivity index (χ0) is 18.6. The molecule has 0 N–H and O–H groups in total. The van der Waals surface area contributed by atoms with Gasteiger partial charge >= 0.3 is 0 Å². The van der Waals surface area contributed by atoms with Gasteiger partial charge in [0, 0.05) is 15.8 Å². The summed E-state index contributed by atoms with van der Waals surface area (Å²) >= 11 is 0. The van der Waals surface area contributed by atoms with Gasteiger partial charge in [-0.15, -0.1) is 0 Å². The van der Waals surface area contributed by atoms with Gasteiger partial charge in [0.25, 0.3) is 5.95 Å². The van der Waals surface area contributed by atoms with E-state index in [0.717, 1.165) is 16.7 Å². The molecule has 0 spiro atoms. The Balaban J connectivity index is 6.05. The number of ketones is 1. The molecule has 0 rings (SSSR count). The van der Waals surface area contributed by atoms with E-state index in [2.05, 4.69) is 58.9 Å². The normalized spacial score (nSPS) is 14.2. The molecule has 0 aliphatic rings. The maximum Gasteiger partial charge on any atom is 0.298 e. The fraction of sp³-hybridized carbons (Fsp3) is 0.800. The molecule has 0 amide bonds. The van der Waals surface area contributed by atoms with Crippen molar-refractivity contribution < 1.29 is 18.1 Å². The van der Waals surface area contributed by atoms with E-state index >= 15 is 0 Å². The molecule has 136 valence electrons. The minimum atomic E-state index is -1.95. The van der Waals surface area contributed by atoms with Crippen LogP contribution in [0.3, 0.4) is 0 Å². The van der Waals surface area contributed by atoms with Gasteiger partial charge in [0.15, 0.2) is 0 Å². The number of Topliss-reactive ketones (excluding diaryl/α,β-unsaturated/α-hetero) is 1. The Morgan fingerprint density at radius 3 is 1.43 bits per heavy atom. The van der Waals surface area contributed by atoms with Gasteiger partial charge in [-0.05, 0) is 65.3 Å². The predicted octanol–water partition coefficient (Wildman–Crippen LogP) is 3.84. The van der Waals surface area contributed by atoms with E-state index in [1.54, 1.807) is 0 Å².